The van der Waals surface area contributed by atoms with Gasteiger partial charge in [0.1, 0.15) is 5.69 Å². The molecule has 0 radical (unpaired) electrons. The topological polar surface area (TPSA) is 55.3 Å². The van der Waals surface area contributed by atoms with Crippen LogP contribution >= 0.6 is 0 Å². The van der Waals surface area contributed by atoms with Crippen LogP contribution < -0.4 is 10.6 Å². The van der Waals surface area contributed by atoms with E-state index >= 15 is 0 Å². The Morgan fingerprint density at radius 1 is 1.18 bits per heavy atom. The van der Waals surface area contributed by atoms with Crippen LogP contribution in [0.4, 0.5) is 11.4 Å². The Kier molecular flexibility index (Phi) is 2.48. The van der Waals surface area contributed by atoms with Gasteiger partial charge in [-0.3, -0.25) is 0 Å². The average Bonchev–Trinajstić information content (AvgIpc) is 3.00. The van der Waals surface area contributed by atoms with E-state index in [0.29, 0.717) is 11.4 Å². The van der Waals surface area contributed by atoms with Gasteiger partial charge < -0.3 is 15.2 Å². The van der Waals surface area contributed by atoms with E-state index in [2.05, 4.69) is 16.1 Å². The van der Waals surface area contributed by atoms with E-state index in [-0.39, 0.29) is 0 Å². The third-order valence-electron chi connectivity index (χ3n) is 3.19. The molecule has 1 fully saturated rings. The smallest absolute Gasteiger partial charge is 0.191 e. The summed E-state index contributed by atoms with van der Waals surface area (Å²) in [5.74, 6) is 0.674. The number of anilines is 2. The second-order valence-electron chi connectivity index (χ2n) is 4.32. The van der Waals surface area contributed by atoms with Gasteiger partial charge in [-0.05, 0) is 25.0 Å². The van der Waals surface area contributed by atoms with E-state index in [9.17, 15) is 0 Å². The van der Waals surface area contributed by atoms with Crippen molar-refractivity contribution in [1.82, 2.24) is 5.16 Å². The summed E-state index contributed by atoms with van der Waals surface area (Å²) in [4.78, 5) is 2.37. The largest absolute Gasteiger partial charge is 0.394 e. The minimum atomic E-state index is 0.594. The van der Waals surface area contributed by atoms with Crippen molar-refractivity contribution in [2.45, 2.75) is 12.8 Å². The molecule has 1 aromatic carbocycles. The molecule has 1 aromatic heterocycles. The first-order chi connectivity index (χ1) is 8.36. The fourth-order valence-electron chi connectivity index (χ4n) is 2.35. The summed E-state index contributed by atoms with van der Waals surface area (Å²) in [7, 11) is 0. The Balaban J connectivity index is 2.07. The van der Waals surface area contributed by atoms with Gasteiger partial charge in [-0.1, -0.05) is 17.3 Å². The van der Waals surface area contributed by atoms with E-state index in [1.807, 2.05) is 18.2 Å². The van der Waals surface area contributed by atoms with Crippen molar-refractivity contribution in [2.75, 3.05) is 23.7 Å². The summed E-state index contributed by atoms with van der Waals surface area (Å²) in [5.41, 5.74) is 8.68. The lowest BCUT2D eigenvalue weighted by Gasteiger charge is -2.20. The van der Waals surface area contributed by atoms with Crippen LogP contribution in [0.2, 0.25) is 0 Å². The molecule has 2 aromatic rings. The highest BCUT2D eigenvalue weighted by molar-refractivity contribution is 5.81. The van der Waals surface area contributed by atoms with Gasteiger partial charge in [-0.15, -0.1) is 0 Å². The van der Waals surface area contributed by atoms with E-state index < -0.39 is 0 Å². The number of aromatic nitrogens is 1. The van der Waals surface area contributed by atoms with Crippen molar-refractivity contribution in [2.24, 2.45) is 0 Å². The Morgan fingerprint density at radius 2 is 1.94 bits per heavy atom. The minimum absolute atomic E-state index is 0.594. The zero-order chi connectivity index (χ0) is 11.7. The lowest BCUT2D eigenvalue weighted by Crippen LogP contribution is -2.18. The predicted octanol–water partition coefficient (Wildman–Crippen LogP) is 2.52. The van der Waals surface area contributed by atoms with E-state index in [1.54, 1.807) is 6.20 Å². The summed E-state index contributed by atoms with van der Waals surface area (Å²) < 4.78 is 5.25. The van der Waals surface area contributed by atoms with Crippen LogP contribution in [0.3, 0.4) is 0 Å². The molecule has 2 N–H and O–H groups in total. The van der Waals surface area contributed by atoms with Gasteiger partial charge in [-0.25, -0.2) is 0 Å². The van der Waals surface area contributed by atoms with E-state index in [1.165, 1.54) is 18.5 Å². The van der Waals surface area contributed by atoms with Gasteiger partial charge in [0.2, 0.25) is 0 Å². The molecule has 0 atom stereocenters. The molecule has 2 heterocycles. The third-order valence-corrected chi connectivity index (χ3v) is 3.19. The summed E-state index contributed by atoms with van der Waals surface area (Å²) in [6.07, 6.45) is 4.05. The summed E-state index contributed by atoms with van der Waals surface area (Å²) >= 11 is 0. The van der Waals surface area contributed by atoms with Crippen molar-refractivity contribution in [3.8, 4) is 11.3 Å². The van der Waals surface area contributed by atoms with E-state index in [0.717, 1.165) is 18.7 Å². The number of nitrogens with zero attached hydrogens (tertiary/aromatic N) is 2. The van der Waals surface area contributed by atoms with Crippen LogP contribution in [0, 0.1) is 0 Å². The van der Waals surface area contributed by atoms with Crippen LogP contribution in [-0.4, -0.2) is 18.2 Å². The third kappa shape index (κ3) is 1.75. The normalized spacial score (nSPS) is 15.4. The van der Waals surface area contributed by atoms with Crippen molar-refractivity contribution in [1.29, 1.82) is 0 Å². The van der Waals surface area contributed by atoms with Crippen LogP contribution in [0.25, 0.3) is 11.3 Å². The second kappa shape index (κ2) is 4.13. The predicted molar refractivity (Wildman–Crippen MR) is 67.8 cm³/mol. The first-order valence-corrected chi connectivity index (χ1v) is 5.91. The zero-order valence-corrected chi connectivity index (χ0v) is 9.60. The molecule has 0 unspecified atom stereocenters. The first-order valence-electron chi connectivity index (χ1n) is 5.91. The standard InChI is InChI=1S/C13H15N3O/c14-11-9-15-17-13(11)10-5-1-2-6-12(10)16-7-3-4-8-16/h1-2,5-6,9H,3-4,7-8,14H2. The molecule has 4 heteroatoms. The Bertz CT molecular complexity index is 515. The zero-order valence-electron chi connectivity index (χ0n) is 9.60. The van der Waals surface area contributed by atoms with Crippen LogP contribution in [0.15, 0.2) is 35.0 Å². The Hall–Kier alpha value is -1.97. The number of nitrogens with two attached hydrogens (primary N) is 1. The molecule has 0 saturated carbocycles. The Morgan fingerprint density at radius 3 is 2.65 bits per heavy atom. The van der Waals surface area contributed by atoms with Crippen molar-refractivity contribution < 1.29 is 4.52 Å². The first kappa shape index (κ1) is 10.2. The molecule has 0 bridgehead atoms. The van der Waals surface area contributed by atoms with Gasteiger partial charge in [0.05, 0.1) is 6.20 Å². The monoisotopic (exact) mass is 229 g/mol. The maximum absolute atomic E-state index is 5.87. The number of nitrogen functional groups attached to an aromatic ring is 1. The van der Waals surface area contributed by atoms with Crippen LogP contribution in [0.5, 0.6) is 0 Å². The number of benzene rings is 1. The highest BCUT2D eigenvalue weighted by Crippen LogP contribution is 2.35. The molecular formula is C13H15N3O. The van der Waals surface area contributed by atoms with Crippen LogP contribution in [0.1, 0.15) is 12.8 Å². The van der Waals surface area contributed by atoms with Gasteiger partial charge in [-0.2, -0.15) is 0 Å². The molecule has 1 aliphatic heterocycles. The quantitative estimate of drug-likeness (QED) is 0.859. The number of para-hydroxylation sites is 1. The highest BCUT2D eigenvalue weighted by atomic mass is 16.5. The van der Waals surface area contributed by atoms with Gasteiger partial charge in [0.15, 0.2) is 5.76 Å². The van der Waals surface area contributed by atoms with Crippen molar-refractivity contribution in [3.63, 3.8) is 0 Å². The average molecular weight is 229 g/mol. The lowest BCUT2D eigenvalue weighted by atomic mass is 10.1. The van der Waals surface area contributed by atoms with Gasteiger partial charge >= 0.3 is 0 Å². The SMILES string of the molecule is Nc1cnoc1-c1ccccc1N1CCCC1. The summed E-state index contributed by atoms with van der Waals surface area (Å²) in [6.45, 7) is 2.20. The molecule has 17 heavy (non-hydrogen) atoms. The summed E-state index contributed by atoms with van der Waals surface area (Å²) in [5, 5.41) is 3.75. The molecule has 0 aliphatic carbocycles. The van der Waals surface area contributed by atoms with E-state index in [4.69, 9.17) is 10.3 Å². The molecule has 88 valence electrons. The van der Waals surface area contributed by atoms with Crippen molar-refractivity contribution >= 4 is 11.4 Å². The fourth-order valence-corrected chi connectivity index (χ4v) is 2.35. The molecule has 3 rings (SSSR count). The molecular weight excluding hydrogens is 214 g/mol. The molecule has 0 amide bonds. The second-order valence-corrected chi connectivity index (χ2v) is 4.32. The Labute approximate surface area is 100 Å². The molecule has 0 spiro atoms. The lowest BCUT2D eigenvalue weighted by molar-refractivity contribution is 0.432. The number of hydrogen-bond donors (Lipinski definition) is 1. The highest BCUT2D eigenvalue weighted by Gasteiger charge is 2.19. The summed E-state index contributed by atoms with van der Waals surface area (Å²) in [6, 6.07) is 8.19. The molecule has 1 saturated heterocycles. The minimum Gasteiger partial charge on any atom is -0.394 e. The van der Waals surface area contributed by atoms with Gasteiger partial charge in [0.25, 0.3) is 0 Å². The maximum Gasteiger partial charge on any atom is 0.191 e. The van der Waals surface area contributed by atoms with Crippen LogP contribution in [-0.2, 0) is 0 Å². The van der Waals surface area contributed by atoms with Crippen molar-refractivity contribution in [3.05, 3.63) is 30.5 Å². The molecule has 4 nitrogen and oxygen atoms in total. The number of hydrogen-bond acceptors (Lipinski definition) is 4. The van der Waals surface area contributed by atoms with Gasteiger partial charge in [0, 0.05) is 24.3 Å². The molecule has 1 aliphatic rings. The fraction of sp³-hybridized carbons (Fsp3) is 0.308. The maximum atomic E-state index is 5.87. The number of rotatable bonds is 2.